The molecule has 0 aliphatic heterocycles. The zero-order chi connectivity index (χ0) is 14.8. The molecule has 0 atom stereocenters. The molecule has 3 aromatic rings. The molecule has 0 unspecified atom stereocenters. The van der Waals surface area contributed by atoms with Crippen LogP contribution in [0.2, 0.25) is 0 Å². The Morgan fingerprint density at radius 1 is 0.455 bits per heavy atom. The van der Waals surface area contributed by atoms with Crippen LogP contribution in [0.4, 0.5) is 0 Å². The molecule has 110 valence electrons. The molecule has 0 fully saturated rings. The molecular weight excluding hydrogens is 574 g/mol. The number of rotatable bonds is 3. The quantitative estimate of drug-likeness (QED) is 0.234. The van der Waals surface area contributed by atoms with Gasteiger partial charge in [0.25, 0.3) is 0 Å². The molecular formula is C18H15GeI2P. The molecule has 3 aromatic carbocycles. The van der Waals surface area contributed by atoms with Crippen LogP contribution >= 0.6 is 46.0 Å². The predicted octanol–water partition coefficient (Wildman–Crippen LogP) is 4.84. The molecule has 0 aliphatic carbocycles. The van der Waals surface area contributed by atoms with Crippen LogP contribution in [0, 0.1) is 0 Å². The first-order valence-corrected chi connectivity index (χ1v) is 14.5. The number of benzene rings is 3. The molecule has 3 rings (SSSR count). The van der Waals surface area contributed by atoms with E-state index in [1.807, 2.05) is 0 Å². The van der Waals surface area contributed by atoms with Crippen molar-refractivity contribution in [2.75, 3.05) is 0 Å². The first kappa shape index (κ1) is 18.4. The number of halogens is 2. The van der Waals surface area contributed by atoms with E-state index in [0.717, 1.165) is 0 Å². The van der Waals surface area contributed by atoms with E-state index in [0.29, 0.717) is 0 Å². The maximum absolute atomic E-state index is 2.72. The topological polar surface area (TPSA) is 0 Å². The Morgan fingerprint density at radius 2 is 0.682 bits per heavy atom. The van der Waals surface area contributed by atoms with Gasteiger partial charge >= 0.3 is 153 Å². The van der Waals surface area contributed by atoms with Crippen molar-refractivity contribution < 1.29 is 0 Å². The summed E-state index contributed by atoms with van der Waals surface area (Å²) in [5, 5.41) is 4.21. The van der Waals surface area contributed by atoms with Gasteiger partial charge in [-0.15, -0.1) is 0 Å². The summed E-state index contributed by atoms with van der Waals surface area (Å²) in [6.07, 6.45) is 0. The Labute approximate surface area is 169 Å². The van der Waals surface area contributed by atoms with Crippen LogP contribution in [0.5, 0.6) is 0 Å². The van der Waals surface area contributed by atoms with Crippen LogP contribution in [-0.4, -0.2) is 17.6 Å². The van der Waals surface area contributed by atoms with Gasteiger partial charge in [0.15, 0.2) is 0 Å². The largest absolute Gasteiger partial charge is 0 e. The summed E-state index contributed by atoms with van der Waals surface area (Å²) in [4.78, 5) is 0. The molecule has 0 spiro atoms. The van der Waals surface area contributed by atoms with Crippen molar-refractivity contribution in [3.05, 3.63) is 91.0 Å². The first-order chi connectivity index (χ1) is 10.1. The van der Waals surface area contributed by atoms with E-state index in [4.69, 9.17) is 0 Å². The van der Waals surface area contributed by atoms with Gasteiger partial charge in [-0.1, -0.05) is 0 Å². The minimum Gasteiger partial charge on any atom is 0 e. The van der Waals surface area contributed by atoms with Crippen LogP contribution in [-0.2, 0) is 0 Å². The van der Waals surface area contributed by atoms with E-state index in [2.05, 4.69) is 135 Å². The summed E-state index contributed by atoms with van der Waals surface area (Å²) in [7, 11) is 0. The Bertz CT molecular complexity index is 627. The molecule has 0 heterocycles. The van der Waals surface area contributed by atoms with Crippen molar-refractivity contribution in [2.24, 2.45) is 0 Å². The fourth-order valence-corrected chi connectivity index (χ4v) is 11.3. The van der Waals surface area contributed by atoms with Gasteiger partial charge in [0.05, 0.1) is 0 Å². The van der Waals surface area contributed by atoms with Crippen LogP contribution in [0.15, 0.2) is 91.0 Å². The predicted molar refractivity (Wildman–Crippen MR) is 119 cm³/mol. The number of hydrogen-bond donors (Lipinski definition) is 0. The summed E-state index contributed by atoms with van der Waals surface area (Å²) in [6.45, 7) is 0. The Morgan fingerprint density at radius 3 is 0.909 bits per heavy atom. The van der Waals surface area contributed by atoms with Crippen LogP contribution < -0.4 is 15.9 Å². The van der Waals surface area contributed by atoms with E-state index < -0.39 is 1.89 Å². The summed E-state index contributed by atoms with van der Waals surface area (Å²) < 4.78 is -2.43. The minimum atomic E-state index is -2.43. The summed E-state index contributed by atoms with van der Waals surface area (Å²) in [5.41, 5.74) is 0. The van der Waals surface area contributed by atoms with E-state index >= 15 is 0 Å². The normalized spacial score (nSPS) is 12.7. The van der Waals surface area contributed by atoms with E-state index in [9.17, 15) is 0 Å². The second-order valence-electron chi connectivity index (χ2n) is 4.91. The summed E-state index contributed by atoms with van der Waals surface area (Å²) >= 11 is 5.45. The van der Waals surface area contributed by atoms with Gasteiger partial charge in [0.2, 0.25) is 0 Å². The standard InChI is InChI=1S/C18H15I2P.Ge/c19-21(20,16-10-4-1-5-11-16,17-12-6-2-7-13-17)18-14-8-3-9-15-18;/h1-15H;. The van der Waals surface area contributed by atoms with Gasteiger partial charge in [0, 0.05) is 17.6 Å². The van der Waals surface area contributed by atoms with E-state index in [1.54, 1.807) is 0 Å². The zero-order valence-electron chi connectivity index (χ0n) is 11.9. The third kappa shape index (κ3) is 3.17. The van der Waals surface area contributed by atoms with Gasteiger partial charge in [-0.2, -0.15) is 0 Å². The molecule has 4 radical (unpaired) electrons. The SMILES string of the molecule is IP(I)(c1ccccc1)(c1ccccc1)c1ccccc1.[Ge]. The maximum atomic E-state index is 2.72. The van der Waals surface area contributed by atoms with Gasteiger partial charge < -0.3 is 0 Å². The molecule has 0 aliphatic rings. The average Bonchev–Trinajstić information content (AvgIpc) is 2.57. The molecule has 0 bridgehead atoms. The van der Waals surface area contributed by atoms with E-state index in [1.165, 1.54) is 15.9 Å². The van der Waals surface area contributed by atoms with Gasteiger partial charge in [0.1, 0.15) is 0 Å². The summed E-state index contributed by atoms with van der Waals surface area (Å²) in [6, 6.07) is 32.7. The first-order valence-electron chi connectivity index (χ1n) is 6.74. The Kier molecular flexibility index (Phi) is 6.14. The Hall–Kier alpha value is 0.0929. The van der Waals surface area contributed by atoms with Crippen LogP contribution in [0.25, 0.3) is 0 Å². The molecule has 0 nitrogen and oxygen atoms in total. The molecule has 0 aromatic heterocycles. The fourth-order valence-electron chi connectivity index (χ4n) is 2.52. The number of hydrogen-bond acceptors (Lipinski definition) is 0. The zero-order valence-corrected chi connectivity index (χ0v) is 19.2. The van der Waals surface area contributed by atoms with Crippen molar-refractivity contribution in [3.63, 3.8) is 0 Å². The van der Waals surface area contributed by atoms with E-state index in [-0.39, 0.29) is 17.6 Å². The maximum Gasteiger partial charge on any atom is 0 e. The molecule has 0 amide bonds. The molecule has 4 heteroatoms. The molecule has 0 saturated carbocycles. The summed E-state index contributed by atoms with van der Waals surface area (Å²) in [5.74, 6) is 0. The molecule has 0 N–H and O–H groups in total. The Balaban J connectivity index is 0.00000176. The smallest absolute Gasteiger partial charge is 0 e. The van der Waals surface area contributed by atoms with Crippen molar-refractivity contribution >= 4 is 79.5 Å². The van der Waals surface area contributed by atoms with Crippen molar-refractivity contribution in [1.29, 1.82) is 0 Å². The van der Waals surface area contributed by atoms with Crippen LogP contribution in [0.3, 0.4) is 0 Å². The fraction of sp³-hybridized carbons (Fsp3) is 0. The monoisotopic (exact) mass is 590 g/mol. The van der Waals surface area contributed by atoms with Crippen molar-refractivity contribution in [2.45, 2.75) is 0 Å². The third-order valence-corrected chi connectivity index (χ3v) is 17.3. The second-order valence-corrected chi connectivity index (χ2v) is 25.4. The second kappa shape index (κ2) is 7.33. The van der Waals surface area contributed by atoms with Gasteiger partial charge in [-0.25, -0.2) is 0 Å². The van der Waals surface area contributed by atoms with Gasteiger partial charge in [-0.3, -0.25) is 0 Å². The van der Waals surface area contributed by atoms with Crippen LogP contribution in [0.1, 0.15) is 0 Å². The molecule has 0 saturated heterocycles. The van der Waals surface area contributed by atoms with Crippen molar-refractivity contribution in [3.8, 4) is 0 Å². The van der Waals surface area contributed by atoms with Crippen molar-refractivity contribution in [1.82, 2.24) is 0 Å². The minimum absolute atomic E-state index is 0. The third-order valence-electron chi connectivity index (χ3n) is 3.63. The average molecular weight is 589 g/mol. The molecule has 22 heavy (non-hydrogen) atoms. The van der Waals surface area contributed by atoms with Gasteiger partial charge in [-0.05, 0) is 0 Å².